The molecule has 0 aliphatic carbocycles. The van der Waals surface area contributed by atoms with Crippen molar-refractivity contribution in [1.82, 2.24) is 0 Å². The van der Waals surface area contributed by atoms with Gasteiger partial charge in [0.2, 0.25) is 0 Å². The number of benzene rings is 1. The van der Waals surface area contributed by atoms with Crippen LogP contribution in [0.25, 0.3) is 0 Å². The summed E-state index contributed by atoms with van der Waals surface area (Å²) in [7, 11) is 1.49. The number of methoxy groups -OCH3 is 1. The highest BCUT2D eigenvalue weighted by Crippen LogP contribution is 2.37. The first kappa shape index (κ1) is 13.4. The van der Waals surface area contributed by atoms with Gasteiger partial charge in [0, 0.05) is 6.32 Å². The van der Waals surface area contributed by atoms with E-state index in [4.69, 9.17) is 14.0 Å². The minimum atomic E-state index is -0.260. The largest absolute Gasteiger partial charge is 0.497 e. The van der Waals surface area contributed by atoms with Gasteiger partial charge in [-0.05, 0) is 45.4 Å². The first-order valence-electron chi connectivity index (χ1n) is 6.33. The second-order valence-electron chi connectivity index (χ2n) is 5.74. The lowest BCUT2D eigenvalue weighted by atomic mass is 9.81. The van der Waals surface area contributed by atoms with Gasteiger partial charge in [0.25, 0.3) is 0 Å². The number of hydrogen-bond donors (Lipinski definition) is 0. The van der Waals surface area contributed by atoms with Gasteiger partial charge in [-0.25, -0.2) is 0 Å². The molecule has 3 nitrogen and oxygen atoms in total. The third-order valence-electron chi connectivity index (χ3n) is 3.86. The zero-order valence-electron chi connectivity index (χ0n) is 11.8. The van der Waals surface area contributed by atoms with Crippen LogP contribution in [0.3, 0.4) is 0 Å². The van der Waals surface area contributed by atoms with Gasteiger partial charge in [0.1, 0.15) is 5.75 Å². The van der Waals surface area contributed by atoms with Crippen LogP contribution in [0.4, 0.5) is 0 Å². The Bertz CT molecular complexity index is 396. The van der Waals surface area contributed by atoms with E-state index in [-0.39, 0.29) is 18.3 Å². The van der Waals surface area contributed by atoms with Crippen molar-refractivity contribution >= 4 is 7.12 Å². The van der Waals surface area contributed by atoms with Crippen molar-refractivity contribution in [2.45, 2.75) is 45.2 Å². The van der Waals surface area contributed by atoms with Crippen LogP contribution in [0.15, 0.2) is 24.3 Å². The van der Waals surface area contributed by atoms with E-state index in [1.54, 1.807) is 7.11 Å². The fraction of sp³-hybridized carbons (Fsp3) is 0.571. The molecule has 0 saturated carbocycles. The van der Waals surface area contributed by atoms with E-state index in [1.165, 1.54) is 5.56 Å². The Morgan fingerprint density at radius 2 is 1.50 bits per heavy atom. The van der Waals surface area contributed by atoms with Crippen molar-refractivity contribution in [3.63, 3.8) is 0 Å². The SMILES string of the molecule is COc1ccc(CB2OC(C)(C)C(C)(C)O2)cc1. The van der Waals surface area contributed by atoms with Gasteiger partial charge >= 0.3 is 7.12 Å². The highest BCUT2D eigenvalue weighted by Gasteiger charge is 2.50. The molecule has 1 aliphatic heterocycles. The van der Waals surface area contributed by atoms with Gasteiger partial charge in [0.15, 0.2) is 0 Å². The minimum absolute atomic E-state index is 0.177. The first-order chi connectivity index (χ1) is 8.34. The molecule has 1 aromatic carbocycles. The molecule has 0 spiro atoms. The monoisotopic (exact) mass is 248 g/mol. The summed E-state index contributed by atoms with van der Waals surface area (Å²) in [4.78, 5) is 0. The van der Waals surface area contributed by atoms with Gasteiger partial charge in [-0.2, -0.15) is 0 Å². The summed E-state index contributed by atoms with van der Waals surface area (Å²) in [5.74, 6) is 0.868. The average molecular weight is 248 g/mol. The van der Waals surface area contributed by atoms with Crippen LogP contribution in [-0.4, -0.2) is 25.4 Å². The molecule has 4 heteroatoms. The van der Waals surface area contributed by atoms with Gasteiger partial charge in [-0.1, -0.05) is 12.1 Å². The summed E-state index contributed by atoms with van der Waals surface area (Å²) in [6.45, 7) is 8.28. The Balaban J connectivity index is 2.03. The van der Waals surface area contributed by atoms with Crippen LogP contribution in [0.1, 0.15) is 33.3 Å². The van der Waals surface area contributed by atoms with E-state index in [1.807, 2.05) is 24.3 Å². The standard InChI is InChI=1S/C14H21BO3/c1-13(2)14(3,4)18-15(17-13)10-11-6-8-12(16-5)9-7-11/h6-9H,10H2,1-5H3. The van der Waals surface area contributed by atoms with Crippen molar-refractivity contribution < 1.29 is 14.0 Å². The molecule has 1 aromatic rings. The minimum Gasteiger partial charge on any atom is -0.497 e. The fourth-order valence-corrected chi connectivity index (χ4v) is 2.00. The highest BCUT2D eigenvalue weighted by atomic mass is 16.7. The van der Waals surface area contributed by atoms with Crippen LogP contribution in [0.5, 0.6) is 5.75 Å². The highest BCUT2D eigenvalue weighted by molar-refractivity contribution is 6.45. The van der Waals surface area contributed by atoms with Crippen LogP contribution in [-0.2, 0) is 15.6 Å². The molecule has 0 aromatic heterocycles. The Labute approximate surface area is 110 Å². The van der Waals surface area contributed by atoms with Gasteiger partial charge in [0.05, 0.1) is 18.3 Å². The topological polar surface area (TPSA) is 27.7 Å². The Morgan fingerprint density at radius 1 is 1.00 bits per heavy atom. The normalized spacial score (nSPS) is 21.1. The maximum Gasteiger partial charge on any atom is 0.462 e. The molecule has 1 fully saturated rings. The maximum atomic E-state index is 5.97. The third-order valence-corrected chi connectivity index (χ3v) is 3.86. The van der Waals surface area contributed by atoms with Crippen LogP contribution < -0.4 is 4.74 Å². The lowest BCUT2D eigenvalue weighted by Crippen LogP contribution is -2.41. The van der Waals surface area contributed by atoms with Crippen LogP contribution in [0.2, 0.25) is 0 Å². The summed E-state index contributed by atoms with van der Waals surface area (Å²) < 4.78 is 17.1. The zero-order chi connectivity index (χ0) is 13.4. The third kappa shape index (κ3) is 2.55. The molecule has 0 bridgehead atoms. The Kier molecular flexibility index (Phi) is 3.43. The van der Waals surface area contributed by atoms with Crippen molar-refractivity contribution in [3.05, 3.63) is 29.8 Å². The molecule has 0 atom stereocenters. The molecule has 98 valence electrons. The first-order valence-corrected chi connectivity index (χ1v) is 6.33. The van der Waals surface area contributed by atoms with Gasteiger partial charge in [-0.15, -0.1) is 0 Å². The maximum absolute atomic E-state index is 5.97. The average Bonchev–Trinajstić information content (AvgIpc) is 2.48. The van der Waals surface area contributed by atoms with Crippen LogP contribution >= 0.6 is 0 Å². The molecule has 2 rings (SSSR count). The molecular weight excluding hydrogens is 227 g/mol. The number of rotatable bonds is 3. The van der Waals surface area contributed by atoms with Crippen molar-refractivity contribution in [1.29, 1.82) is 0 Å². The van der Waals surface area contributed by atoms with E-state index < -0.39 is 0 Å². The summed E-state index contributed by atoms with van der Waals surface area (Å²) in [5.41, 5.74) is 0.670. The van der Waals surface area contributed by atoms with Crippen LogP contribution in [0, 0.1) is 0 Å². The Morgan fingerprint density at radius 3 is 1.94 bits per heavy atom. The Hall–Kier alpha value is -0.995. The van der Waals surface area contributed by atoms with E-state index in [2.05, 4.69) is 27.7 Å². The molecule has 1 saturated heterocycles. The predicted molar refractivity (Wildman–Crippen MR) is 72.8 cm³/mol. The molecular formula is C14H21BO3. The molecule has 0 amide bonds. The lowest BCUT2D eigenvalue weighted by Gasteiger charge is -2.32. The van der Waals surface area contributed by atoms with E-state index in [0.29, 0.717) is 0 Å². The summed E-state index contributed by atoms with van der Waals surface area (Å²) in [6.07, 6.45) is 0.761. The molecule has 0 N–H and O–H groups in total. The predicted octanol–water partition coefficient (Wildman–Crippen LogP) is 2.87. The second kappa shape index (κ2) is 4.59. The van der Waals surface area contributed by atoms with Crippen molar-refractivity contribution in [2.24, 2.45) is 0 Å². The molecule has 1 heterocycles. The van der Waals surface area contributed by atoms with Crippen molar-refractivity contribution in [3.8, 4) is 5.75 Å². The smallest absolute Gasteiger partial charge is 0.462 e. The number of hydrogen-bond acceptors (Lipinski definition) is 3. The van der Waals surface area contributed by atoms with E-state index in [9.17, 15) is 0 Å². The van der Waals surface area contributed by atoms with Gasteiger partial charge in [-0.3, -0.25) is 0 Å². The van der Waals surface area contributed by atoms with Gasteiger partial charge < -0.3 is 14.0 Å². The fourth-order valence-electron chi connectivity index (χ4n) is 2.00. The molecule has 0 unspecified atom stereocenters. The quantitative estimate of drug-likeness (QED) is 0.770. The summed E-state index contributed by atoms with van der Waals surface area (Å²) >= 11 is 0. The second-order valence-corrected chi connectivity index (χ2v) is 5.74. The van der Waals surface area contributed by atoms with E-state index in [0.717, 1.165) is 12.1 Å². The summed E-state index contributed by atoms with van der Waals surface area (Å²) in [6, 6.07) is 8.01. The molecule has 18 heavy (non-hydrogen) atoms. The summed E-state index contributed by atoms with van der Waals surface area (Å²) in [5, 5.41) is 0. The number of ether oxygens (including phenoxy) is 1. The zero-order valence-corrected chi connectivity index (χ0v) is 11.8. The lowest BCUT2D eigenvalue weighted by molar-refractivity contribution is 0.00578. The molecule has 1 aliphatic rings. The molecule has 0 radical (unpaired) electrons. The van der Waals surface area contributed by atoms with E-state index >= 15 is 0 Å². The van der Waals surface area contributed by atoms with Crippen molar-refractivity contribution in [2.75, 3.05) is 7.11 Å².